The van der Waals surface area contributed by atoms with Gasteiger partial charge in [-0.1, -0.05) is 30.3 Å². The van der Waals surface area contributed by atoms with E-state index in [9.17, 15) is 4.79 Å². The van der Waals surface area contributed by atoms with Gasteiger partial charge in [0.05, 0.1) is 0 Å². The Morgan fingerprint density at radius 2 is 2.06 bits per heavy atom. The van der Waals surface area contributed by atoms with Crippen LogP contribution in [0.15, 0.2) is 42.1 Å². The monoisotopic (exact) mass is 245 g/mol. The Kier molecular flexibility index (Phi) is 4.85. The second-order valence-electron chi connectivity index (χ2n) is 3.09. The predicted octanol–water partition coefficient (Wildman–Crippen LogP) is 1.37. The van der Waals surface area contributed by atoms with Gasteiger partial charge in [0.2, 0.25) is 5.78 Å². The molecule has 0 aliphatic carbocycles. The van der Waals surface area contributed by atoms with Crippen molar-refractivity contribution in [1.29, 1.82) is 5.26 Å². The number of nitriles is 1. The highest BCUT2D eigenvalue weighted by molar-refractivity contribution is 7.80. The number of carbonyl (C=O) groups is 1. The zero-order valence-electron chi connectivity index (χ0n) is 9.23. The number of allylic oxidation sites excluding steroid dienone is 1. The molecule has 4 nitrogen and oxygen atoms in total. The molecule has 1 aromatic carbocycles. The van der Waals surface area contributed by atoms with Crippen molar-refractivity contribution in [3.05, 3.63) is 47.7 Å². The molecule has 0 aliphatic heterocycles. The summed E-state index contributed by atoms with van der Waals surface area (Å²) in [6.45, 7) is 0. The van der Waals surface area contributed by atoms with E-state index in [1.807, 2.05) is 6.07 Å². The molecule has 0 heterocycles. The molecular formula is C12H11N3OS. The van der Waals surface area contributed by atoms with Gasteiger partial charge in [-0.05, 0) is 12.2 Å². The smallest absolute Gasteiger partial charge is 0.205 e. The summed E-state index contributed by atoms with van der Waals surface area (Å²) >= 11 is 4.84. The molecule has 2 N–H and O–H groups in total. The van der Waals surface area contributed by atoms with E-state index in [4.69, 9.17) is 17.5 Å². The van der Waals surface area contributed by atoms with Gasteiger partial charge >= 0.3 is 0 Å². The minimum absolute atomic E-state index is 0.00815. The van der Waals surface area contributed by atoms with Crippen molar-refractivity contribution in [1.82, 2.24) is 10.6 Å². The minimum atomic E-state index is -0.334. The summed E-state index contributed by atoms with van der Waals surface area (Å²) in [5, 5.41) is 14.6. The van der Waals surface area contributed by atoms with E-state index in [1.165, 1.54) is 6.20 Å². The molecule has 0 spiro atoms. The van der Waals surface area contributed by atoms with Gasteiger partial charge in [-0.15, -0.1) is 0 Å². The van der Waals surface area contributed by atoms with Crippen LogP contribution >= 0.6 is 12.2 Å². The van der Waals surface area contributed by atoms with Crippen molar-refractivity contribution in [2.45, 2.75) is 0 Å². The van der Waals surface area contributed by atoms with Crippen LogP contribution in [0.1, 0.15) is 10.4 Å². The Labute approximate surface area is 105 Å². The van der Waals surface area contributed by atoms with Crippen molar-refractivity contribution >= 4 is 23.1 Å². The Morgan fingerprint density at radius 3 is 2.59 bits per heavy atom. The van der Waals surface area contributed by atoms with Crippen LogP contribution in [0.2, 0.25) is 0 Å². The SMILES string of the molecule is CNC(=S)N/C=C(\C#N)C(=O)c1ccccc1. The Morgan fingerprint density at radius 1 is 1.41 bits per heavy atom. The first-order valence-corrected chi connectivity index (χ1v) is 5.28. The number of nitrogens with zero attached hydrogens (tertiary/aromatic N) is 1. The highest BCUT2D eigenvalue weighted by Gasteiger charge is 2.11. The van der Waals surface area contributed by atoms with Gasteiger partial charge in [0.25, 0.3) is 0 Å². The van der Waals surface area contributed by atoms with E-state index in [2.05, 4.69) is 10.6 Å². The number of thiocarbonyl (C=S) groups is 1. The van der Waals surface area contributed by atoms with Crippen LogP contribution in [0.25, 0.3) is 0 Å². The highest BCUT2D eigenvalue weighted by atomic mass is 32.1. The maximum absolute atomic E-state index is 11.9. The van der Waals surface area contributed by atoms with Crippen LogP contribution in [-0.4, -0.2) is 17.9 Å². The first kappa shape index (κ1) is 12.9. The number of nitrogens with one attached hydrogen (secondary N) is 2. The van der Waals surface area contributed by atoms with Crippen molar-refractivity contribution in [3.63, 3.8) is 0 Å². The molecule has 0 saturated carbocycles. The molecule has 0 unspecified atom stereocenters. The summed E-state index contributed by atoms with van der Waals surface area (Å²) in [6, 6.07) is 10.4. The number of hydrogen-bond acceptors (Lipinski definition) is 3. The normalized spacial score (nSPS) is 10.2. The zero-order chi connectivity index (χ0) is 12.7. The van der Waals surface area contributed by atoms with Crippen LogP contribution < -0.4 is 10.6 Å². The standard InChI is InChI=1S/C12H11N3OS/c1-14-12(17)15-8-10(7-13)11(16)9-5-3-2-4-6-9/h2-6,8H,1H3,(H2,14,15,17)/b10-8+. The van der Waals surface area contributed by atoms with Crippen molar-refractivity contribution in [2.75, 3.05) is 7.05 Å². The quantitative estimate of drug-likeness (QED) is 0.364. The zero-order valence-corrected chi connectivity index (χ0v) is 10.0. The number of benzene rings is 1. The number of hydrogen-bond donors (Lipinski definition) is 2. The van der Waals surface area contributed by atoms with E-state index in [-0.39, 0.29) is 11.4 Å². The lowest BCUT2D eigenvalue weighted by Crippen LogP contribution is -2.29. The highest BCUT2D eigenvalue weighted by Crippen LogP contribution is 2.06. The third-order valence-electron chi connectivity index (χ3n) is 1.98. The van der Waals surface area contributed by atoms with Crippen molar-refractivity contribution in [2.24, 2.45) is 0 Å². The molecule has 0 radical (unpaired) electrons. The second kappa shape index (κ2) is 6.40. The Hall–Kier alpha value is -2.19. The summed E-state index contributed by atoms with van der Waals surface area (Å²) in [5.41, 5.74) is 0.478. The average molecular weight is 245 g/mol. The van der Waals surface area contributed by atoms with Gasteiger partial charge in [-0.2, -0.15) is 5.26 Å². The Bertz CT molecular complexity index is 488. The van der Waals surface area contributed by atoms with Crippen LogP contribution in [0.3, 0.4) is 0 Å². The summed E-state index contributed by atoms with van der Waals surface area (Å²) in [7, 11) is 1.65. The van der Waals surface area contributed by atoms with E-state index in [0.29, 0.717) is 10.7 Å². The van der Waals surface area contributed by atoms with E-state index < -0.39 is 0 Å². The van der Waals surface area contributed by atoms with Crippen LogP contribution in [-0.2, 0) is 0 Å². The van der Waals surface area contributed by atoms with E-state index >= 15 is 0 Å². The predicted molar refractivity (Wildman–Crippen MR) is 69.3 cm³/mol. The molecule has 1 aromatic rings. The van der Waals surface area contributed by atoms with Crippen LogP contribution in [0.5, 0.6) is 0 Å². The number of carbonyl (C=O) groups excluding carboxylic acids is 1. The number of ketones is 1. The third kappa shape index (κ3) is 3.70. The molecule has 86 valence electrons. The average Bonchev–Trinajstić information content (AvgIpc) is 2.39. The van der Waals surface area contributed by atoms with Gasteiger partial charge < -0.3 is 10.6 Å². The summed E-state index contributed by atoms with van der Waals surface area (Å²) in [5.74, 6) is -0.334. The Balaban J connectivity index is 2.86. The van der Waals surface area contributed by atoms with Crippen molar-refractivity contribution in [3.8, 4) is 6.07 Å². The molecule has 17 heavy (non-hydrogen) atoms. The van der Waals surface area contributed by atoms with E-state index in [0.717, 1.165) is 0 Å². The fraction of sp³-hybridized carbons (Fsp3) is 0.0833. The molecular weight excluding hydrogens is 234 g/mol. The lowest BCUT2D eigenvalue weighted by atomic mass is 10.1. The van der Waals surface area contributed by atoms with Crippen LogP contribution in [0.4, 0.5) is 0 Å². The fourth-order valence-electron chi connectivity index (χ4n) is 1.10. The first-order chi connectivity index (χ1) is 8.19. The van der Waals surface area contributed by atoms with Gasteiger partial charge in [-0.25, -0.2) is 0 Å². The maximum atomic E-state index is 11.9. The molecule has 0 saturated heterocycles. The fourth-order valence-corrected chi connectivity index (χ4v) is 1.16. The van der Waals surface area contributed by atoms with Gasteiger partial charge in [0, 0.05) is 18.8 Å². The lowest BCUT2D eigenvalue weighted by Gasteiger charge is -2.02. The molecule has 0 amide bonds. The van der Waals surface area contributed by atoms with Gasteiger partial charge in [-0.3, -0.25) is 4.79 Å². The largest absolute Gasteiger partial charge is 0.366 e. The molecule has 5 heteroatoms. The summed E-state index contributed by atoms with van der Waals surface area (Å²) < 4.78 is 0. The first-order valence-electron chi connectivity index (χ1n) is 4.87. The molecule has 0 aromatic heterocycles. The molecule has 0 bridgehead atoms. The third-order valence-corrected chi connectivity index (χ3v) is 2.30. The number of rotatable bonds is 3. The molecule has 1 rings (SSSR count). The second-order valence-corrected chi connectivity index (χ2v) is 3.50. The van der Waals surface area contributed by atoms with E-state index in [1.54, 1.807) is 37.4 Å². The minimum Gasteiger partial charge on any atom is -0.366 e. The molecule has 0 aliphatic rings. The summed E-state index contributed by atoms with van der Waals surface area (Å²) in [4.78, 5) is 11.9. The maximum Gasteiger partial charge on any atom is 0.205 e. The summed E-state index contributed by atoms with van der Waals surface area (Å²) in [6.07, 6.45) is 1.30. The van der Waals surface area contributed by atoms with Gasteiger partial charge in [0.15, 0.2) is 5.11 Å². The topological polar surface area (TPSA) is 64.9 Å². The van der Waals surface area contributed by atoms with Crippen LogP contribution in [0, 0.1) is 11.3 Å². The van der Waals surface area contributed by atoms with Gasteiger partial charge in [0.1, 0.15) is 11.6 Å². The molecule has 0 fully saturated rings. The molecule has 0 atom stereocenters. The number of Topliss-reactive ketones (excluding diaryl/α,β-unsaturated/α-hetero) is 1. The van der Waals surface area contributed by atoms with Crippen molar-refractivity contribution < 1.29 is 4.79 Å². The lowest BCUT2D eigenvalue weighted by molar-refractivity contribution is 0.103.